The van der Waals surface area contributed by atoms with Gasteiger partial charge in [0.25, 0.3) is 0 Å². The number of rotatable bonds is 5. The first-order valence-electron chi connectivity index (χ1n) is 6.27. The number of likely N-dealkylation sites (tertiary alicyclic amines) is 1. The summed E-state index contributed by atoms with van der Waals surface area (Å²) in [5.41, 5.74) is 11.0. The zero-order valence-corrected chi connectivity index (χ0v) is 10.7. The van der Waals surface area contributed by atoms with E-state index in [0.29, 0.717) is 25.4 Å². The monoisotopic (exact) mass is 241 g/mol. The van der Waals surface area contributed by atoms with Crippen molar-refractivity contribution in [1.29, 1.82) is 0 Å². The maximum Gasteiger partial charge on any atom is 0.240 e. The second kappa shape index (κ2) is 6.00. The summed E-state index contributed by atoms with van der Waals surface area (Å²) in [6.45, 7) is 5.08. The van der Waals surface area contributed by atoms with Crippen LogP contribution in [0, 0.1) is 11.8 Å². The van der Waals surface area contributed by atoms with Gasteiger partial charge in [-0.15, -0.1) is 0 Å². The second-order valence-corrected chi connectivity index (χ2v) is 5.15. The van der Waals surface area contributed by atoms with Crippen molar-refractivity contribution >= 4 is 11.8 Å². The van der Waals surface area contributed by atoms with Gasteiger partial charge >= 0.3 is 0 Å². The topological polar surface area (TPSA) is 89.4 Å². The zero-order valence-electron chi connectivity index (χ0n) is 10.7. The number of nitrogens with zero attached hydrogens (tertiary/aromatic N) is 1. The third-order valence-corrected chi connectivity index (χ3v) is 3.25. The van der Waals surface area contributed by atoms with Crippen molar-refractivity contribution < 1.29 is 9.59 Å². The molecule has 17 heavy (non-hydrogen) atoms. The lowest BCUT2D eigenvalue weighted by molar-refractivity contribution is -0.140. The fourth-order valence-corrected chi connectivity index (χ4v) is 2.43. The van der Waals surface area contributed by atoms with Crippen LogP contribution in [0.15, 0.2) is 0 Å². The molecular formula is C12H23N3O2. The van der Waals surface area contributed by atoms with Crippen LogP contribution in [0.5, 0.6) is 0 Å². The molecule has 5 heteroatoms. The van der Waals surface area contributed by atoms with E-state index >= 15 is 0 Å². The van der Waals surface area contributed by atoms with Gasteiger partial charge in [-0.1, -0.05) is 13.8 Å². The molecule has 4 N–H and O–H groups in total. The summed E-state index contributed by atoms with van der Waals surface area (Å²) in [4.78, 5) is 25.1. The molecule has 0 aromatic heterocycles. The van der Waals surface area contributed by atoms with Crippen LogP contribution in [0.3, 0.4) is 0 Å². The lowest BCUT2D eigenvalue weighted by Crippen LogP contribution is -2.47. The Morgan fingerprint density at radius 1 is 1.41 bits per heavy atom. The van der Waals surface area contributed by atoms with E-state index in [1.165, 1.54) is 0 Å². The molecule has 1 heterocycles. The smallest absolute Gasteiger partial charge is 0.240 e. The highest BCUT2D eigenvalue weighted by atomic mass is 16.2. The number of hydrogen-bond acceptors (Lipinski definition) is 3. The minimum absolute atomic E-state index is 0.0116. The molecule has 2 atom stereocenters. The predicted octanol–water partition coefficient (Wildman–Crippen LogP) is 0.0837. The largest absolute Gasteiger partial charge is 0.368 e. The number of amides is 2. The maximum absolute atomic E-state index is 12.3. The van der Waals surface area contributed by atoms with Crippen LogP contribution in [-0.4, -0.2) is 35.8 Å². The fourth-order valence-electron chi connectivity index (χ4n) is 2.43. The lowest BCUT2D eigenvalue weighted by Gasteiger charge is -2.27. The summed E-state index contributed by atoms with van der Waals surface area (Å²) in [5.74, 6) is -0.184. The number of hydrogen-bond donors (Lipinski definition) is 2. The molecule has 0 radical (unpaired) electrons. The molecule has 0 bridgehead atoms. The molecule has 2 amide bonds. The van der Waals surface area contributed by atoms with E-state index in [1.54, 1.807) is 4.90 Å². The van der Waals surface area contributed by atoms with Crippen LogP contribution < -0.4 is 11.5 Å². The molecular weight excluding hydrogens is 218 g/mol. The van der Waals surface area contributed by atoms with Gasteiger partial charge in [-0.3, -0.25) is 9.59 Å². The van der Waals surface area contributed by atoms with Crippen LogP contribution in [0.4, 0.5) is 0 Å². The highest BCUT2D eigenvalue weighted by molar-refractivity contribution is 5.88. The van der Waals surface area contributed by atoms with E-state index in [9.17, 15) is 9.59 Å². The molecule has 0 spiro atoms. The molecule has 2 unspecified atom stereocenters. The zero-order chi connectivity index (χ0) is 13.0. The SMILES string of the molecule is CC(C)CC(CN)C(=O)N1CCCC1C(N)=O. The molecule has 1 aliphatic heterocycles. The van der Waals surface area contributed by atoms with E-state index in [1.807, 2.05) is 0 Å². The van der Waals surface area contributed by atoms with Crippen molar-refractivity contribution in [2.45, 2.75) is 39.2 Å². The number of carbonyl (C=O) groups is 2. The van der Waals surface area contributed by atoms with Gasteiger partial charge in [-0.05, 0) is 25.2 Å². The number of nitrogens with two attached hydrogens (primary N) is 2. The first-order valence-corrected chi connectivity index (χ1v) is 6.27. The van der Waals surface area contributed by atoms with E-state index in [4.69, 9.17) is 11.5 Å². The van der Waals surface area contributed by atoms with Crippen molar-refractivity contribution in [3.05, 3.63) is 0 Å². The van der Waals surface area contributed by atoms with Crippen LogP contribution in [0.25, 0.3) is 0 Å². The number of primary amides is 1. The summed E-state index contributed by atoms with van der Waals surface area (Å²) in [5, 5.41) is 0. The van der Waals surface area contributed by atoms with Crippen LogP contribution in [0.1, 0.15) is 33.1 Å². The van der Waals surface area contributed by atoms with E-state index in [0.717, 1.165) is 12.8 Å². The van der Waals surface area contributed by atoms with Gasteiger partial charge in [-0.25, -0.2) is 0 Å². The first kappa shape index (κ1) is 14.0. The Labute approximate surface area is 103 Å². The van der Waals surface area contributed by atoms with Crippen molar-refractivity contribution in [2.24, 2.45) is 23.3 Å². The third kappa shape index (κ3) is 3.43. The van der Waals surface area contributed by atoms with Crippen LogP contribution in [-0.2, 0) is 9.59 Å². The summed E-state index contributed by atoms with van der Waals surface area (Å²) in [6.07, 6.45) is 2.29. The fraction of sp³-hybridized carbons (Fsp3) is 0.833. The molecule has 1 fully saturated rings. The van der Waals surface area contributed by atoms with Crippen molar-refractivity contribution in [3.8, 4) is 0 Å². The van der Waals surface area contributed by atoms with Crippen molar-refractivity contribution in [1.82, 2.24) is 4.90 Å². The normalized spacial score (nSPS) is 21.9. The Hall–Kier alpha value is -1.10. The molecule has 1 aliphatic rings. The molecule has 1 rings (SSSR count). The summed E-state index contributed by atoms with van der Waals surface area (Å²) >= 11 is 0. The summed E-state index contributed by atoms with van der Waals surface area (Å²) < 4.78 is 0. The van der Waals surface area contributed by atoms with Gasteiger partial charge in [0.05, 0.1) is 5.92 Å². The van der Waals surface area contributed by atoms with Crippen LogP contribution in [0.2, 0.25) is 0 Å². The Kier molecular flexibility index (Phi) is 4.93. The van der Waals surface area contributed by atoms with Crippen LogP contribution >= 0.6 is 0 Å². The molecule has 5 nitrogen and oxygen atoms in total. The van der Waals surface area contributed by atoms with Gasteiger partial charge in [0.1, 0.15) is 6.04 Å². The maximum atomic E-state index is 12.3. The first-order chi connectivity index (χ1) is 7.97. The molecule has 0 saturated carbocycles. The highest BCUT2D eigenvalue weighted by Crippen LogP contribution is 2.22. The van der Waals surface area contributed by atoms with Gasteiger partial charge < -0.3 is 16.4 Å². The van der Waals surface area contributed by atoms with Crippen molar-refractivity contribution in [2.75, 3.05) is 13.1 Å². The summed E-state index contributed by atoms with van der Waals surface area (Å²) in [7, 11) is 0. The Bertz CT molecular complexity index is 291. The van der Waals surface area contributed by atoms with E-state index in [2.05, 4.69) is 13.8 Å². The second-order valence-electron chi connectivity index (χ2n) is 5.15. The van der Waals surface area contributed by atoms with Gasteiger partial charge in [0, 0.05) is 13.1 Å². The Morgan fingerprint density at radius 3 is 2.53 bits per heavy atom. The minimum atomic E-state index is -0.427. The average molecular weight is 241 g/mol. The molecule has 0 aromatic carbocycles. The predicted molar refractivity (Wildman–Crippen MR) is 65.9 cm³/mol. The molecule has 98 valence electrons. The van der Waals surface area contributed by atoms with Gasteiger partial charge in [0.2, 0.25) is 11.8 Å². The number of carbonyl (C=O) groups excluding carboxylic acids is 2. The van der Waals surface area contributed by atoms with Gasteiger partial charge in [0.15, 0.2) is 0 Å². The van der Waals surface area contributed by atoms with Gasteiger partial charge in [-0.2, -0.15) is 0 Å². The Morgan fingerprint density at radius 2 is 2.06 bits per heavy atom. The molecule has 1 saturated heterocycles. The summed E-state index contributed by atoms with van der Waals surface area (Å²) in [6, 6.07) is -0.427. The Balaban J connectivity index is 2.69. The van der Waals surface area contributed by atoms with E-state index in [-0.39, 0.29) is 11.8 Å². The quantitative estimate of drug-likeness (QED) is 0.714. The molecule has 0 aromatic rings. The van der Waals surface area contributed by atoms with Crippen molar-refractivity contribution in [3.63, 3.8) is 0 Å². The van der Waals surface area contributed by atoms with E-state index < -0.39 is 11.9 Å². The minimum Gasteiger partial charge on any atom is -0.368 e. The molecule has 0 aliphatic carbocycles. The third-order valence-electron chi connectivity index (χ3n) is 3.25. The standard InChI is InChI=1S/C12H23N3O2/c1-8(2)6-9(7-13)12(17)15-5-3-4-10(15)11(14)16/h8-10H,3-7,13H2,1-2H3,(H2,14,16). The average Bonchev–Trinajstić information content (AvgIpc) is 2.73. The highest BCUT2D eigenvalue weighted by Gasteiger charge is 2.35. The lowest BCUT2D eigenvalue weighted by atomic mass is 9.95.